The van der Waals surface area contributed by atoms with E-state index in [4.69, 9.17) is 10.5 Å². The quantitative estimate of drug-likeness (QED) is 0.600. The first-order valence-electron chi connectivity index (χ1n) is 9.13. The van der Waals surface area contributed by atoms with Crippen molar-refractivity contribution in [3.63, 3.8) is 0 Å². The molecule has 0 aliphatic carbocycles. The third kappa shape index (κ3) is 4.02. The average molecular weight is 398 g/mol. The molecule has 3 rings (SSSR count). The Morgan fingerprint density at radius 1 is 1.28 bits per heavy atom. The summed E-state index contributed by atoms with van der Waals surface area (Å²) in [4.78, 5) is 49.9. The van der Waals surface area contributed by atoms with Gasteiger partial charge >= 0.3 is 5.69 Å². The van der Waals surface area contributed by atoms with E-state index in [2.05, 4.69) is 15.0 Å². The summed E-state index contributed by atoms with van der Waals surface area (Å²) >= 11 is 0. The van der Waals surface area contributed by atoms with Gasteiger partial charge < -0.3 is 10.5 Å². The minimum Gasteiger partial charge on any atom is -0.383 e. The number of H-pyrrole nitrogens is 1. The van der Waals surface area contributed by atoms with Gasteiger partial charge in [0.05, 0.1) is 23.8 Å². The van der Waals surface area contributed by atoms with Crippen molar-refractivity contribution >= 4 is 28.4 Å². The van der Waals surface area contributed by atoms with Crippen LogP contribution in [0.1, 0.15) is 23.8 Å². The van der Waals surface area contributed by atoms with E-state index in [0.717, 1.165) is 0 Å². The minimum absolute atomic E-state index is 0.0431. The molecule has 1 aromatic carbocycles. The van der Waals surface area contributed by atoms with Gasteiger partial charge in [0.1, 0.15) is 11.5 Å². The van der Waals surface area contributed by atoms with E-state index in [1.807, 2.05) is 13.0 Å². The minimum atomic E-state index is -0.752. The standard InChI is InChI=1S/C19H22N6O4/c1-3-8-25-16(20)15(17(26)23-19(25)28)24(9-10-29-2)18(27)14-11-21-12-6-4-5-7-13(12)22-14/h4-7,11H,3,8-10,20H2,1-2H3,(H,23,26,28). The zero-order chi connectivity index (χ0) is 21.0. The molecule has 0 radical (unpaired) electrons. The number of carbonyl (C=O) groups is 1. The number of nitrogens with two attached hydrogens (primary N) is 1. The number of amides is 1. The second-order valence-electron chi connectivity index (χ2n) is 6.34. The second-order valence-corrected chi connectivity index (χ2v) is 6.34. The molecule has 0 atom stereocenters. The fraction of sp³-hybridized carbons (Fsp3) is 0.316. The molecule has 0 saturated carbocycles. The van der Waals surface area contributed by atoms with E-state index in [9.17, 15) is 14.4 Å². The van der Waals surface area contributed by atoms with Crippen molar-refractivity contribution in [1.29, 1.82) is 0 Å². The Balaban J connectivity index is 2.12. The summed E-state index contributed by atoms with van der Waals surface area (Å²) in [5.74, 6) is -0.655. The van der Waals surface area contributed by atoms with Crippen LogP contribution in [-0.2, 0) is 11.3 Å². The predicted molar refractivity (Wildman–Crippen MR) is 109 cm³/mol. The van der Waals surface area contributed by atoms with E-state index < -0.39 is 17.2 Å². The van der Waals surface area contributed by atoms with Crippen LogP contribution < -0.4 is 21.9 Å². The van der Waals surface area contributed by atoms with Crippen molar-refractivity contribution < 1.29 is 9.53 Å². The summed E-state index contributed by atoms with van der Waals surface area (Å²) < 4.78 is 6.31. The molecule has 0 aliphatic rings. The summed E-state index contributed by atoms with van der Waals surface area (Å²) in [7, 11) is 1.48. The Morgan fingerprint density at radius 3 is 2.69 bits per heavy atom. The van der Waals surface area contributed by atoms with Crippen molar-refractivity contribution in [3.05, 3.63) is 57.0 Å². The number of carbonyl (C=O) groups excluding carboxylic acids is 1. The van der Waals surface area contributed by atoms with E-state index >= 15 is 0 Å². The zero-order valence-electron chi connectivity index (χ0n) is 16.2. The summed E-state index contributed by atoms with van der Waals surface area (Å²) in [6.45, 7) is 2.37. The molecule has 2 aromatic heterocycles. The molecule has 0 aliphatic heterocycles. The van der Waals surface area contributed by atoms with Gasteiger partial charge in [-0.25, -0.2) is 9.78 Å². The fourth-order valence-electron chi connectivity index (χ4n) is 2.98. The molecular formula is C19H22N6O4. The Kier molecular flexibility index (Phi) is 6.03. The SMILES string of the molecule is CCCn1c(N)c(N(CCOC)C(=O)c2cnc3ccccc3n2)c(=O)[nH]c1=O. The van der Waals surface area contributed by atoms with Crippen molar-refractivity contribution in [2.75, 3.05) is 30.9 Å². The molecule has 3 aromatic rings. The molecule has 0 spiro atoms. The highest BCUT2D eigenvalue weighted by Crippen LogP contribution is 2.19. The number of ether oxygens (including phenoxy) is 1. The number of para-hydroxylation sites is 2. The Hall–Kier alpha value is -3.53. The highest BCUT2D eigenvalue weighted by molar-refractivity contribution is 6.06. The number of benzene rings is 1. The molecule has 0 bridgehead atoms. The van der Waals surface area contributed by atoms with Gasteiger partial charge in [0.2, 0.25) is 0 Å². The van der Waals surface area contributed by atoms with Gasteiger partial charge in [0.15, 0.2) is 5.69 Å². The molecule has 3 N–H and O–H groups in total. The fourth-order valence-corrected chi connectivity index (χ4v) is 2.98. The summed E-state index contributed by atoms with van der Waals surface area (Å²) in [5, 5.41) is 0. The molecule has 10 nitrogen and oxygen atoms in total. The van der Waals surface area contributed by atoms with Gasteiger partial charge in [-0.05, 0) is 18.6 Å². The smallest absolute Gasteiger partial charge is 0.330 e. The Labute approximate surface area is 166 Å². The normalized spacial score (nSPS) is 11.0. The maximum atomic E-state index is 13.2. The van der Waals surface area contributed by atoms with Gasteiger partial charge in [-0.1, -0.05) is 19.1 Å². The van der Waals surface area contributed by atoms with E-state index in [1.165, 1.54) is 22.8 Å². The van der Waals surface area contributed by atoms with E-state index in [0.29, 0.717) is 24.0 Å². The highest BCUT2D eigenvalue weighted by atomic mass is 16.5. The lowest BCUT2D eigenvalue weighted by atomic mass is 10.2. The monoisotopic (exact) mass is 398 g/mol. The lowest BCUT2D eigenvalue weighted by Crippen LogP contribution is -2.42. The van der Waals surface area contributed by atoms with Crippen molar-refractivity contribution in [2.45, 2.75) is 19.9 Å². The number of fused-ring (bicyclic) bond motifs is 1. The van der Waals surface area contributed by atoms with E-state index in [-0.39, 0.29) is 30.4 Å². The third-order valence-corrected chi connectivity index (χ3v) is 4.36. The number of nitrogen functional groups attached to an aromatic ring is 1. The number of nitrogens with one attached hydrogen (secondary N) is 1. The maximum Gasteiger partial charge on any atom is 0.330 e. The summed E-state index contributed by atoms with van der Waals surface area (Å²) in [6.07, 6.45) is 1.97. The van der Waals surface area contributed by atoms with Crippen LogP contribution in [0.2, 0.25) is 0 Å². The first-order valence-corrected chi connectivity index (χ1v) is 9.13. The number of hydrogen-bond acceptors (Lipinski definition) is 7. The predicted octanol–water partition coefficient (Wildman–Crippen LogP) is 0.765. The Morgan fingerprint density at radius 2 is 2.00 bits per heavy atom. The van der Waals surface area contributed by atoms with E-state index in [1.54, 1.807) is 18.2 Å². The van der Waals surface area contributed by atoms with Crippen LogP contribution in [0.5, 0.6) is 0 Å². The van der Waals surface area contributed by atoms with Crippen molar-refractivity contribution in [2.24, 2.45) is 0 Å². The highest BCUT2D eigenvalue weighted by Gasteiger charge is 2.26. The van der Waals surface area contributed by atoms with Crippen molar-refractivity contribution in [3.8, 4) is 0 Å². The number of methoxy groups -OCH3 is 1. The molecule has 152 valence electrons. The molecule has 1 amide bonds. The van der Waals surface area contributed by atoms with Gasteiger partial charge in [-0.15, -0.1) is 0 Å². The van der Waals surface area contributed by atoms with Crippen LogP contribution in [0.4, 0.5) is 11.5 Å². The van der Waals surface area contributed by atoms with Gasteiger partial charge in [-0.3, -0.25) is 29.0 Å². The molecule has 2 heterocycles. The molecule has 10 heteroatoms. The molecule has 0 saturated heterocycles. The summed E-state index contributed by atoms with van der Waals surface area (Å²) in [6, 6.07) is 7.13. The maximum absolute atomic E-state index is 13.2. The van der Waals surface area contributed by atoms with Crippen LogP contribution >= 0.6 is 0 Å². The largest absolute Gasteiger partial charge is 0.383 e. The van der Waals surface area contributed by atoms with Crippen molar-refractivity contribution in [1.82, 2.24) is 19.5 Å². The molecule has 29 heavy (non-hydrogen) atoms. The summed E-state index contributed by atoms with van der Waals surface area (Å²) in [5.41, 5.74) is 5.86. The number of rotatable bonds is 7. The number of aromatic amines is 1. The van der Waals surface area contributed by atoms with Gasteiger partial charge in [0, 0.05) is 20.2 Å². The number of anilines is 2. The molecular weight excluding hydrogens is 376 g/mol. The lowest BCUT2D eigenvalue weighted by Gasteiger charge is -2.24. The third-order valence-electron chi connectivity index (χ3n) is 4.36. The van der Waals surface area contributed by atoms with Crippen LogP contribution in [0.15, 0.2) is 40.1 Å². The molecule has 0 unspecified atom stereocenters. The van der Waals surface area contributed by atoms with Crippen LogP contribution in [-0.4, -0.2) is 45.7 Å². The van der Waals surface area contributed by atoms with Gasteiger partial charge in [-0.2, -0.15) is 0 Å². The Bertz CT molecular complexity index is 1150. The van der Waals surface area contributed by atoms with Gasteiger partial charge in [0.25, 0.3) is 11.5 Å². The second kappa shape index (κ2) is 8.65. The first kappa shape index (κ1) is 20.2. The topological polar surface area (TPSA) is 136 Å². The number of hydrogen-bond donors (Lipinski definition) is 2. The van der Waals surface area contributed by atoms with Crippen LogP contribution in [0.3, 0.4) is 0 Å². The van der Waals surface area contributed by atoms with Crippen LogP contribution in [0, 0.1) is 0 Å². The number of aromatic nitrogens is 4. The molecule has 0 fully saturated rings. The first-order chi connectivity index (χ1) is 14.0. The lowest BCUT2D eigenvalue weighted by molar-refractivity contribution is 0.0970. The number of nitrogens with zero attached hydrogens (tertiary/aromatic N) is 4. The zero-order valence-corrected chi connectivity index (χ0v) is 16.2. The van der Waals surface area contributed by atoms with Crippen LogP contribution in [0.25, 0.3) is 11.0 Å². The average Bonchev–Trinajstić information content (AvgIpc) is 2.72.